The van der Waals surface area contributed by atoms with Crippen molar-refractivity contribution in [3.05, 3.63) is 40.2 Å². The van der Waals surface area contributed by atoms with E-state index in [-0.39, 0.29) is 23.6 Å². The topological polar surface area (TPSA) is 84.9 Å². The van der Waals surface area contributed by atoms with E-state index in [0.717, 1.165) is 21.2 Å². The molecule has 1 aliphatic heterocycles. The zero-order valence-corrected chi connectivity index (χ0v) is 16.5. The molecule has 1 N–H and O–H groups in total. The van der Waals surface area contributed by atoms with E-state index in [1.807, 2.05) is 13.0 Å². The summed E-state index contributed by atoms with van der Waals surface area (Å²) in [5, 5.41) is 2.78. The average Bonchev–Trinajstić information content (AvgIpc) is 3.22. The first kappa shape index (κ1) is 19.0. The first-order chi connectivity index (χ1) is 12.3. The molecule has 0 aliphatic carbocycles. The predicted molar refractivity (Wildman–Crippen MR) is 98.3 cm³/mol. The highest BCUT2D eigenvalue weighted by Crippen LogP contribution is 2.34. The Morgan fingerprint density at radius 1 is 1.31 bits per heavy atom. The molecule has 0 spiro atoms. The van der Waals surface area contributed by atoms with Gasteiger partial charge in [-0.2, -0.15) is 4.31 Å². The number of nitrogens with zero attached hydrogens (tertiary/aromatic N) is 1. The van der Waals surface area contributed by atoms with Crippen molar-refractivity contribution in [3.63, 3.8) is 0 Å². The summed E-state index contributed by atoms with van der Waals surface area (Å²) in [6.45, 7) is 1.69. The molecule has 10 heteroatoms. The van der Waals surface area contributed by atoms with Gasteiger partial charge in [0.05, 0.1) is 16.9 Å². The van der Waals surface area contributed by atoms with Crippen LogP contribution in [0.3, 0.4) is 0 Å². The van der Waals surface area contributed by atoms with E-state index >= 15 is 0 Å². The number of ether oxygens (including phenoxy) is 2. The first-order valence-electron chi connectivity index (χ1n) is 7.68. The summed E-state index contributed by atoms with van der Waals surface area (Å²) in [7, 11) is -2.40. The number of halogens is 1. The fourth-order valence-corrected chi connectivity index (χ4v) is 5.25. The number of hydrogen-bond donors (Lipinski definition) is 1. The number of hydrogen-bond acceptors (Lipinski definition) is 6. The van der Waals surface area contributed by atoms with Crippen LogP contribution in [0.15, 0.2) is 34.5 Å². The molecule has 140 valence electrons. The van der Waals surface area contributed by atoms with E-state index in [2.05, 4.69) is 5.32 Å². The molecule has 1 unspecified atom stereocenters. The number of benzene rings is 1. The summed E-state index contributed by atoms with van der Waals surface area (Å²) in [5.74, 6) is 0.870. The number of nitrogens with one attached hydrogen (secondary N) is 1. The third-order valence-corrected chi connectivity index (χ3v) is 7.36. The highest BCUT2D eigenvalue weighted by Gasteiger charge is 2.25. The summed E-state index contributed by atoms with van der Waals surface area (Å²) in [6, 6.07) is 8.01. The molecular weight excluding hydrogens is 400 g/mol. The van der Waals surface area contributed by atoms with Crippen LogP contribution in [0.25, 0.3) is 0 Å². The lowest BCUT2D eigenvalue weighted by molar-refractivity contribution is -0.121. The molecule has 1 aromatic heterocycles. The van der Waals surface area contributed by atoms with E-state index in [4.69, 9.17) is 21.1 Å². The van der Waals surface area contributed by atoms with Crippen molar-refractivity contribution in [1.29, 1.82) is 0 Å². The van der Waals surface area contributed by atoms with Gasteiger partial charge in [0.1, 0.15) is 4.21 Å². The van der Waals surface area contributed by atoms with E-state index in [1.54, 1.807) is 12.1 Å². The minimum Gasteiger partial charge on any atom is -0.454 e. The van der Waals surface area contributed by atoms with Crippen LogP contribution in [0.4, 0.5) is 0 Å². The van der Waals surface area contributed by atoms with Crippen LogP contribution >= 0.6 is 22.9 Å². The van der Waals surface area contributed by atoms with Crippen molar-refractivity contribution in [2.24, 2.45) is 0 Å². The predicted octanol–water partition coefficient (Wildman–Crippen LogP) is 2.63. The number of carbonyl (C=O) groups excluding carboxylic acids is 1. The molecule has 3 rings (SSSR count). The second-order valence-corrected chi connectivity index (χ2v) is 9.71. The SMILES string of the molecule is CC(NC(=O)CN(C)S(=O)(=O)c1ccc(Cl)s1)c1ccc2c(c1)OCO2. The van der Waals surface area contributed by atoms with Gasteiger partial charge in [-0.1, -0.05) is 17.7 Å². The van der Waals surface area contributed by atoms with Crippen molar-refractivity contribution in [2.45, 2.75) is 17.2 Å². The van der Waals surface area contributed by atoms with Crippen LogP contribution in [0.2, 0.25) is 4.34 Å². The normalized spacial score (nSPS) is 14.5. The van der Waals surface area contributed by atoms with Gasteiger partial charge in [-0.05, 0) is 36.8 Å². The van der Waals surface area contributed by atoms with Crippen molar-refractivity contribution in [3.8, 4) is 11.5 Å². The van der Waals surface area contributed by atoms with Gasteiger partial charge in [-0.25, -0.2) is 8.42 Å². The molecule has 0 bridgehead atoms. The zero-order valence-electron chi connectivity index (χ0n) is 14.1. The highest BCUT2D eigenvalue weighted by molar-refractivity contribution is 7.91. The number of amides is 1. The van der Waals surface area contributed by atoms with Gasteiger partial charge >= 0.3 is 0 Å². The van der Waals surface area contributed by atoms with Gasteiger partial charge in [0.25, 0.3) is 10.0 Å². The molecule has 1 amide bonds. The third kappa shape index (κ3) is 3.96. The molecule has 0 saturated carbocycles. The summed E-state index contributed by atoms with van der Waals surface area (Å²) in [5.41, 5.74) is 0.832. The first-order valence-corrected chi connectivity index (χ1v) is 10.3. The molecule has 2 aromatic rings. The minimum atomic E-state index is -3.75. The lowest BCUT2D eigenvalue weighted by Crippen LogP contribution is -2.39. The summed E-state index contributed by atoms with van der Waals surface area (Å²) in [4.78, 5) is 12.3. The van der Waals surface area contributed by atoms with Gasteiger partial charge in [0.2, 0.25) is 12.7 Å². The largest absolute Gasteiger partial charge is 0.454 e. The van der Waals surface area contributed by atoms with Crippen molar-refractivity contribution in [2.75, 3.05) is 20.4 Å². The zero-order chi connectivity index (χ0) is 18.9. The fourth-order valence-electron chi connectivity index (χ4n) is 2.43. The third-order valence-electron chi connectivity index (χ3n) is 3.85. The molecule has 0 radical (unpaired) electrons. The van der Waals surface area contributed by atoms with Gasteiger partial charge in [0.15, 0.2) is 11.5 Å². The van der Waals surface area contributed by atoms with Crippen molar-refractivity contribution in [1.82, 2.24) is 9.62 Å². The molecule has 7 nitrogen and oxygen atoms in total. The molecule has 1 aromatic carbocycles. The Morgan fingerprint density at radius 2 is 2.04 bits per heavy atom. The highest BCUT2D eigenvalue weighted by atomic mass is 35.5. The van der Waals surface area contributed by atoms with Crippen LogP contribution < -0.4 is 14.8 Å². The fraction of sp³-hybridized carbons (Fsp3) is 0.312. The molecule has 0 saturated heterocycles. The van der Waals surface area contributed by atoms with Crippen LogP contribution in [0.1, 0.15) is 18.5 Å². The standard InChI is InChI=1S/C16H17ClN2O5S2/c1-10(11-3-4-12-13(7-11)24-9-23-12)18-15(20)8-19(2)26(21,22)16-6-5-14(17)25-16/h3-7,10H,8-9H2,1-2H3,(H,18,20). The lowest BCUT2D eigenvalue weighted by Gasteiger charge is -2.19. The average molecular weight is 417 g/mol. The number of sulfonamides is 1. The lowest BCUT2D eigenvalue weighted by atomic mass is 10.1. The van der Waals surface area contributed by atoms with E-state index in [0.29, 0.717) is 15.8 Å². The molecule has 1 atom stereocenters. The Morgan fingerprint density at radius 3 is 2.73 bits per heavy atom. The second kappa shape index (κ2) is 7.43. The van der Waals surface area contributed by atoms with Crippen molar-refractivity contribution >= 4 is 38.9 Å². The number of likely N-dealkylation sites (N-methyl/N-ethyl adjacent to an activating group) is 1. The minimum absolute atomic E-state index is 0.0987. The van der Waals surface area contributed by atoms with Crippen molar-refractivity contribution < 1.29 is 22.7 Å². The Bertz CT molecular complexity index is 928. The number of thiophene rings is 1. The van der Waals surface area contributed by atoms with Gasteiger partial charge in [-0.3, -0.25) is 4.79 Å². The summed E-state index contributed by atoms with van der Waals surface area (Å²) < 4.78 is 36.9. The smallest absolute Gasteiger partial charge is 0.252 e. The molecule has 0 fully saturated rings. The van der Waals surface area contributed by atoms with Crippen LogP contribution in [-0.4, -0.2) is 39.0 Å². The molecule has 2 heterocycles. The summed E-state index contributed by atoms with van der Waals surface area (Å²) in [6.07, 6.45) is 0. The van der Waals surface area contributed by atoms with Gasteiger partial charge in [-0.15, -0.1) is 11.3 Å². The number of fused-ring (bicyclic) bond motifs is 1. The van der Waals surface area contributed by atoms with E-state index in [1.165, 1.54) is 19.2 Å². The maximum Gasteiger partial charge on any atom is 0.252 e. The maximum absolute atomic E-state index is 12.4. The van der Waals surface area contributed by atoms with Crippen LogP contribution in [-0.2, 0) is 14.8 Å². The van der Waals surface area contributed by atoms with Crippen LogP contribution in [0.5, 0.6) is 11.5 Å². The Balaban J connectivity index is 1.63. The Labute approximate surface area is 160 Å². The van der Waals surface area contributed by atoms with Gasteiger partial charge in [0, 0.05) is 7.05 Å². The second-order valence-electron chi connectivity index (χ2n) is 5.72. The number of carbonyl (C=O) groups is 1. The monoisotopic (exact) mass is 416 g/mol. The molecular formula is C16H17ClN2O5S2. The molecule has 26 heavy (non-hydrogen) atoms. The van der Waals surface area contributed by atoms with Crippen LogP contribution in [0, 0.1) is 0 Å². The summed E-state index contributed by atoms with van der Waals surface area (Å²) >= 11 is 6.74. The maximum atomic E-state index is 12.4. The Hall–Kier alpha value is -1.81. The Kier molecular flexibility index (Phi) is 5.42. The van der Waals surface area contributed by atoms with E-state index < -0.39 is 15.9 Å². The molecule has 1 aliphatic rings. The number of rotatable bonds is 6. The van der Waals surface area contributed by atoms with E-state index in [9.17, 15) is 13.2 Å². The quantitative estimate of drug-likeness (QED) is 0.782. The van der Waals surface area contributed by atoms with Gasteiger partial charge < -0.3 is 14.8 Å².